The Bertz CT molecular complexity index is 960. The summed E-state index contributed by atoms with van der Waals surface area (Å²) in [6.45, 7) is 10.2. The summed E-state index contributed by atoms with van der Waals surface area (Å²) in [5, 5.41) is 3.49. The van der Waals surface area contributed by atoms with Crippen molar-refractivity contribution in [1.29, 1.82) is 0 Å². The van der Waals surface area contributed by atoms with Crippen LogP contribution in [-0.2, 0) is 24.3 Å². The first-order valence-electron chi connectivity index (χ1n) is 11.6. The molecule has 0 saturated heterocycles. The Labute approximate surface area is 197 Å². The van der Waals surface area contributed by atoms with Gasteiger partial charge in [-0.3, -0.25) is 4.79 Å². The standard InChI is InChI=1S/C26H36N2O5/c1-7-30-23-13-20-11-17(3)32-24(20)14-21(23)16-27-15-19-9-10-22(25(12-19)31-8-2)33-18(4)26(29)28(5)6/h9-10,12-14,17-18,27H,7-8,11,15-16H2,1-6H3/t17-,18+/m0/s1. The molecule has 0 fully saturated rings. The van der Waals surface area contributed by atoms with Gasteiger partial charge in [0, 0.05) is 44.7 Å². The summed E-state index contributed by atoms with van der Waals surface area (Å²) in [6.07, 6.45) is 0.521. The largest absolute Gasteiger partial charge is 0.494 e. The van der Waals surface area contributed by atoms with Crippen LogP contribution in [0.3, 0.4) is 0 Å². The highest BCUT2D eigenvalue weighted by atomic mass is 16.5. The smallest absolute Gasteiger partial charge is 0.262 e. The van der Waals surface area contributed by atoms with E-state index in [1.54, 1.807) is 21.0 Å². The Kier molecular flexibility index (Phi) is 8.44. The highest BCUT2D eigenvalue weighted by Crippen LogP contribution is 2.35. The third-order valence-corrected chi connectivity index (χ3v) is 5.42. The zero-order chi connectivity index (χ0) is 24.0. The zero-order valence-corrected chi connectivity index (χ0v) is 20.6. The SMILES string of the molecule is CCOc1cc2c(cc1CNCc1ccc(O[C@H](C)C(=O)N(C)C)c(OCC)c1)O[C@@H](C)C2. The van der Waals surface area contributed by atoms with Crippen molar-refractivity contribution in [2.45, 2.75) is 59.4 Å². The molecule has 0 aliphatic carbocycles. The average molecular weight is 457 g/mol. The van der Waals surface area contributed by atoms with Crippen molar-refractivity contribution in [2.75, 3.05) is 27.3 Å². The highest BCUT2D eigenvalue weighted by molar-refractivity contribution is 5.80. The van der Waals surface area contributed by atoms with Gasteiger partial charge in [-0.05, 0) is 57.5 Å². The monoisotopic (exact) mass is 456 g/mol. The van der Waals surface area contributed by atoms with E-state index in [4.69, 9.17) is 18.9 Å². The van der Waals surface area contributed by atoms with E-state index in [2.05, 4.69) is 24.4 Å². The van der Waals surface area contributed by atoms with Crippen molar-refractivity contribution >= 4 is 5.91 Å². The predicted octanol–water partition coefficient (Wildman–Crippen LogP) is 3.95. The van der Waals surface area contributed by atoms with Crippen LogP contribution in [0.15, 0.2) is 30.3 Å². The van der Waals surface area contributed by atoms with Gasteiger partial charge in [-0.1, -0.05) is 6.07 Å². The van der Waals surface area contributed by atoms with Gasteiger partial charge in [-0.2, -0.15) is 0 Å². The number of amides is 1. The minimum atomic E-state index is -0.593. The van der Waals surface area contributed by atoms with Gasteiger partial charge < -0.3 is 29.2 Å². The molecule has 7 heteroatoms. The number of likely N-dealkylation sites (N-methyl/N-ethyl adjacent to an activating group) is 1. The molecule has 0 spiro atoms. The first kappa shape index (κ1) is 24.7. The number of rotatable bonds is 11. The molecule has 2 aromatic rings. The molecule has 0 unspecified atom stereocenters. The molecule has 0 saturated carbocycles. The molecule has 2 aromatic carbocycles. The van der Waals surface area contributed by atoms with Gasteiger partial charge in [0.1, 0.15) is 17.6 Å². The summed E-state index contributed by atoms with van der Waals surface area (Å²) in [7, 11) is 3.43. The van der Waals surface area contributed by atoms with E-state index in [9.17, 15) is 4.79 Å². The van der Waals surface area contributed by atoms with Crippen molar-refractivity contribution in [1.82, 2.24) is 10.2 Å². The molecular formula is C26H36N2O5. The number of benzene rings is 2. The second-order valence-electron chi connectivity index (χ2n) is 8.44. The fourth-order valence-corrected chi connectivity index (χ4v) is 3.88. The van der Waals surface area contributed by atoms with Crippen molar-refractivity contribution in [3.8, 4) is 23.0 Å². The Morgan fingerprint density at radius 3 is 2.52 bits per heavy atom. The maximum Gasteiger partial charge on any atom is 0.262 e. The minimum absolute atomic E-state index is 0.0963. The maximum atomic E-state index is 12.2. The Morgan fingerprint density at radius 1 is 1.09 bits per heavy atom. The fourth-order valence-electron chi connectivity index (χ4n) is 3.88. The van der Waals surface area contributed by atoms with Crippen LogP contribution in [0.4, 0.5) is 0 Å². The number of ether oxygens (including phenoxy) is 4. The van der Waals surface area contributed by atoms with E-state index >= 15 is 0 Å². The van der Waals surface area contributed by atoms with Crippen LogP contribution in [0, 0.1) is 0 Å². The minimum Gasteiger partial charge on any atom is -0.494 e. The highest BCUT2D eigenvalue weighted by Gasteiger charge is 2.22. The molecule has 0 radical (unpaired) electrons. The number of carbonyl (C=O) groups excluding carboxylic acids is 1. The lowest BCUT2D eigenvalue weighted by Crippen LogP contribution is -2.35. The van der Waals surface area contributed by atoms with Gasteiger partial charge in [-0.15, -0.1) is 0 Å². The Balaban J connectivity index is 1.67. The summed E-state index contributed by atoms with van der Waals surface area (Å²) < 4.78 is 23.5. The number of hydrogen-bond donors (Lipinski definition) is 1. The molecule has 0 aromatic heterocycles. The summed E-state index contributed by atoms with van der Waals surface area (Å²) in [5.74, 6) is 2.95. The molecular weight excluding hydrogens is 420 g/mol. The van der Waals surface area contributed by atoms with Crippen LogP contribution in [0.1, 0.15) is 44.4 Å². The number of carbonyl (C=O) groups is 1. The molecule has 0 bridgehead atoms. The van der Waals surface area contributed by atoms with Crippen molar-refractivity contribution in [3.05, 3.63) is 47.0 Å². The molecule has 1 amide bonds. The fraction of sp³-hybridized carbons (Fsp3) is 0.500. The van der Waals surface area contributed by atoms with E-state index in [1.807, 2.05) is 32.0 Å². The second-order valence-corrected chi connectivity index (χ2v) is 8.44. The molecule has 33 heavy (non-hydrogen) atoms. The number of nitrogens with zero attached hydrogens (tertiary/aromatic N) is 1. The van der Waals surface area contributed by atoms with Gasteiger partial charge in [0.05, 0.1) is 13.2 Å². The Morgan fingerprint density at radius 2 is 1.82 bits per heavy atom. The lowest BCUT2D eigenvalue weighted by Gasteiger charge is -2.20. The van der Waals surface area contributed by atoms with Gasteiger partial charge in [0.2, 0.25) is 0 Å². The van der Waals surface area contributed by atoms with E-state index in [0.29, 0.717) is 37.8 Å². The molecule has 3 rings (SSSR count). The first-order valence-corrected chi connectivity index (χ1v) is 11.6. The molecule has 1 N–H and O–H groups in total. The van der Waals surface area contributed by atoms with Gasteiger partial charge >= 0.3 is 0 Å². The van der Waals surface area contributed by atoms with Crippen molar-refractivity contribution in [2.24, 2.45) is 0 Å². The number of hydrogen-bond acceptors (Lipinski definition) is 6. The van der Waals surface area contributed by atoms with E-state index in [0.717, 1.165) is 29.0 Å². The van der Waals surface area contributed by atoms with Crippen LogP contribution < -0.4 is 24.3 Å². The first-order chi connectivity index (χ1) is 15.8. The van der Waals surface area contributed by atoms with E-state index in [1.165, 1.54) is 10.5 Å². The van der Waals surface area contributed by atoms with Crippen LogP contribution in [-0.4, -0.2) is 50.3 Å². The lowest BCUT2D eigenvalue weighted by molar-refractivity contribution is -0.135. The van der Waals surface area contributed by atoms with Gasteiger partial charge in [0.25, 0.3) is 5.91 Å². The van der Waals surface area contributed by atoms with Crippen LogP contribution in [0.2, 0.25) is 0 Å². The molecule has 7 nitrogen and oxygen atoms in total. The quantitative estimate of drug-likeness (QED) is 0.552. The van der Waals surface area contributed by atoms with Crippen molar-refractivity contribution < 1.29 is 23.7 Å². The summed E-state index contributed by atoms with van der Waals surface area (Å²) >= 11 is 0. The molecule has 1 aliphatic rings. The van der Waals surface area contributed by atoms with Crippen LogP contribution >= 0.6 is 0 Å². The summed E-state index contributed by atoms with van der Waals surface area (Å²) in [5.41, 5.74) is 3.33. The number of fused-ring (bicyclic) bond motifs is 1. The zero-order valence-electron chi connectivity index (χ0n) is 20.6. The molecule has 2 atom stereocenters. The molecule has 180 valence electrons. The normalized spacial score (nSPS) is 15.4. The third-order valence-electron chi connectivity index (χ3n) is 5.42. The number of nitrogens with one attached hydrogen (secondary N) is 1. The predicted molar refractivity (Wildman–Crippen MR) is 128 cm³/mol. The van der Waals surface area contributed by atoms with E-state index < -0.39 is 6.10 Å². The van der Waals surface area contributed by atoms with Gasteiger partial charge in [-0.25, -0.2) is 0 Å². The van der Waals surface area contributed by atoms with Crippen molar-refractivity contribution in [3.63, 3.8) is 0 Å². The van der Waals surface area contributed by atoms with Crippen LogP contribution in [0.25, 0.3) is 0 Å². The van der Waals surface area contributed by atoms with Crippen LogP contribution in [0.5, 0.6) is 23.0 Å². The topological polar surface area (TPSA) is 69.3 Å². The van der Waals surface area contributed by atoms with Gasteiger partial charge in [0.15, 0.2) is 17.6 Å². The third kappa shape index (κ3) is 6.32. The summed E-state index contributed by atoms with van der Waals surface area (Å²) in [6, 6.07) is 9.99. The summed E-state index contributed by atoms with van der Waals surface area (Å²) in [4.78, 5) is 13.7. The molecule has 1 heterocycles. The average Bonchev–Trinajstić information content (AvgIpc) is 3.14. The lowest BCUT2D eigenvalue weighted by atomic mass is 10.1. The molecule has 1 aliphatic heterocycles. The Hall–Kier alpha value is -2.93. The van der Waals surface area contributed by atoms with E-state index in [-0.39, 0.29) is 12.0 Å². The maximum absolute atomic E-state index is 12.2. The second kappa shape index (κ2) is 11.3.